The Hall–Kier alpha value is -10.0. The van der Waals surface area contributed by atoms with Crippen molar-refractivity contribution in [2.24, 2.45) is 0 Å². The SMILES string of the molecule is C=CC(=O)Cl.C=CC(=O)Nc1cccc(-c2cc3c(ccc4c5c([nH]c43)CCC5=O)cn2)c1.Nc1cccc(-c2cc3c(ccc4c5c([nH]c43)CCC5=O)cn2)c1.Nc1cccc(B(O)O)c1.O=C1CCc2nc3c(ccc4c[nH]c(Cl)cc43)c21. The molecule has 15 rings (SSSR count). The van der Waals surface area contributed by atoms with Crippen molar-refractivity contribution in [1.29, 1.82) is 0 Å². The van der Waals surface area contributed by atoms with Gasteiger partial charge in [0.15, 0.2) is 17.3 Å². The van der Waals surface area contributed by atoms with E-state index in [1.54, 1.807) is 18.2 Å². The van der Waals surface area contributed by atoms with Crippen LogP contribution in [0.5, 0.6) is 0 Å². The van der Waals surface area contributed by atoms with E-state index in [9.17, 15) is 24.0 Å². The summed E-state index contributed by atoms with van der Waals surface area (Å²) in [7, 11) is -1.43. The van der Waals surface area contributed by atoms with Gasteiger partial charge in [0.1, 0.15) is 5.15 Å². The number of aryl methyl sites for hydroxylation is 3. The number of fused-ring (bicyclic) bond motifs is 15. The molecule has 6 aromatic carbocycles. The van der Waals surface area contributed by atoms with Crippen LogP contribution in [0.3, 0.4) is 0 Å². The van der Waals surface area contributed by atoms with Crippen LogP contribution in [0.1, 0.15) is 67.4 Å². The molecular formula is C66H52BCl2N9O7. The third-order valence-corrected chi connectivity index (χ3v) is 15.4. The number of hydrogen-bond acceptors (Lipinski definition) is 12. The van der Waals surface area contributed by atoms with Crippen molar-refractivity contribution in [2.75, 3.05) is 16.8 Å². The third-order valence-electron chi connectivity index (χ3n) is 15.0. The van der Waals surface area contributed by atoms with Crippen molar-refractivity contribution in [3.8, 4) is 22.5 Å². The number of amides is 1. The number of nitrogens with two attached hydrogens (primary N) is 2. The van der Waals surface area contributed by atoms with E-state index in [-0.39, 0.29) is 23.3 Å². The predicted molar refractivity (Wildman–Crippen MR) is 340 cm³/mol. The molecule has 6 heterocycles. The van der Waals surface area contributed by atoms with E-state index in [0.29, 0.717) is 41.3 Å². The summed E-state index contributed by atoms with van der Waals surface area (Å²) in [5, 5.41) is 29.3. The summed E-state index contributed by atoms with van der Waals surface area (Å²) >= 11 is 10.7. The largest absolute Gasteiger partial charge is 0.488 e. The van der Waals surface area contributed by atoms with Crippen LogP contribution in [0.25, 0.3) is 87.5 Å². The summed E-state index contributed by atoms with van der Waals surface area (Å²) in [5.74, 6) is 0.401. The van der Waals surface area contributed by atoms with Crippen LogP contribution in [0.2, 0.25) is 5.15 Å². The van der Waals surface area contributed by atoms with Crippen molar-refractivity contribution in [3.05, 3.63) is 210 Å². The minimum atomic E-state index is -1.43. The van der Waals surface area contributed by atoms with Gasteiger partial charge < -0.3 is 41.8 Å². The lowest BCUT2D eigenvalue weighted by Crippen LogP contribution is -2.29. The van der Waals surface area contributed by atoms with Gasteiger partial charge in [0, 0.05) is 143 Å². The van der Waals surface area contributed by atoms with Gasteiger partial charge in [-0.1, -0.05) is 97.6 Å². The number of aromatic nitrogens is 6. The van der Waals surface area contributed by atoms with Crippen LogP contribution in [-0.4, -0.2) is 75.6 Å². The van der Waals surface area contributed by atoms with E-state index < -0.39 is 12.4 Å². The average molecular weight is 1160 g/mol. The molecule has 6 aromatic heterocycles. The molecule has 0 radical (unpaired) electrons. The second-order valence-corrected chi connectivity index (χ2v) is 21.2. The molecule has 0 bridgehead atoms. The summed E-state index contributed by atoms with van der Waals surface area (Å²) in [5.41, 5.74) is 25.6. The fourth-order valence-electron chi connectivity index (χ4n) is 11.0. The number of halogens is 2. The molecule has 0 unspecified atom stereocenters. The first-order valence-electron chi connectivity index (χ1n) is 27.0. The Labute approximate surface area is 495 Å². The second kappa shape index (κ2) is 24.0. The van der Waals surface area contributed by atoms with E-state index in [1.165, 1.54) is 12.1 Å². The van der Waals surface area contributed by atoms with Crippen molar-refractivity contribution in [1.82, 2.24) is 29.9 Å². The number of benzene rings is 6. The van der Waals surface area contributed by atoms with Gasteiger partial charge in [-0.15, -0.1) is 0 Å². The van der Waals surface area contributed by atoms with Crippen molar-refractivity contribution < 1.29 is 34.0 Å². The highest BCUT2D eigenvalue weighted by Crippen LogP contribution is 2.38. The Morgan fingerprint density at radius 2 is 1.12 bits per heavy atom. The number of H-pyrrole nitrogens is 3. The number of nitrogens with zero attached hydrogens (tertiary/aromatic N) is 3. The van der Waals surface area contributed by atoms with Gasteiger partial charge in [0.05, 0.1) is 33.6 Å². The highest BCUT2D eigenvalue weighted by Gasteiger charge is 2.28. The molecule has 0 saturated heterocycles. The first-order chi connectivity index (χ1) is 41.0. The first-order valence-corrected chi connectivity index (χ1v) is 27.8. The lowest BCUT2D eigenvalue weighted by atomic mass is 9.80. The Balaban J connectivity index is 0.000000120. The van der Waals surface area contributed by atoms with Crippen LogP contribution in [0.4, 0.5) is 17.1 Å². The molecule has 0 fully saturated rings. The lowest BCUT2D eigenvalue weighted by molar-refractivity contribution is -0.112. The highest BCUT2D eigenvalue weighted by molar-refractivity contribution is 6.66. The number of ketones is 3. The summed E-state index contributed by atoms with van der Waals surface area (Å²) in [6, 6.07) is 39.8. The maximum atomic E-state index is 12.2. The standard InChI is InChI=1S/C23H17N3O2.C20H15N3O.C14H9ClN2O.C6H8BNO2.C3H3ClO/c1-2-21(28)25-15-5-3-4-13(10-15)19-11-17-14(12-24-19)6-7-16-22-18(26-23(16)17)8-9-20(22)27;21-13-3-1-2-11(8-13)17-9-15-12(10-22-17)4-5-14-19-16(23-20(14)15)6-7-18(19)24;15-12-5-9-7(6-16-12)1-2-8-13-10(17-14(8)9)3-4-11(13)18;8-6-3-1-2-5(4-6)7(9)10;1-2-3(4)5/h2-7,10-12,26H,1,8-9H2,(H,25,28);1-5,8-10,23H,6-7,21H2;1-2,5-6,16H,3-4H2;1-4,9-10H,8H2;2H,1H2. The zero-order valence-corrected chi connectivity index (χ0v) is 46.9. The number of aromatic amines is 3. The van der Waals surface area contributed by atoms with Gasteiger partial charge in [0.25, 0.3) is 0 Å². The molecule has 0 spiro atoms. The predicted octanol–water partition coefficient (Wildman–Crippen LogP) is 12.1. The smallest absolute Gasteiger partial charge is 0.423 e. The molecule has 0 saturated carbocycles. The molecule has 0 aliphatic heterocycles. The van der Waals surface area contributed by atoms with Crippen LogP contribution >= 0.6 is 23.2 Å². The van der Waals surface area contributed by atoms with Crippen molar-refractivity contribution >= 4 is 146 Å². The fraction of sp³-hybridized carbons (Fsp3) is 0.0909. The molecule has 19 heteroatoms. The summed E-state index contributed by atoms with van der Waals surface area (Å²) < 4.78 is 0. The van der Waals surface area contributed by atoms with Gasteiger partial charge in [-0.25, -0.2) is 0 Å². The van der Waals surface area contributed by atoms with Crippen molar-refractivity contribution in [3.63, 3.8) is 0 Å². The minimum absolute atomic E-state index is 0.209. The monoisotopic (exact) mass is 1160 g/mol. The van der Waals surface area contributed by atoms with E-state index in [1.807, 2.05) is 116 Å². The van der Waals surface area contributed by atoms with Crippen LogP contribution in [-0.2, 0) is 28.9 Å². The normalized spacial score (nSPS) is 12.8. The van der Waals surface area contributed by atoms with Gasteiger partial charge in [-0.05, 0) is 103 Å². The Bertz CT molecular complexity index is 4740. The maximum Gasteiger partial charge on any atom is 0.488 e. The summed E-state index contributed by atoms with van der Waals surface area (Å²) in [6.45, 7) is 6.55. The number of hydrogen-bond donors (Lipinski definition) is 8. The Morgan fingerprint density at radius 3 is 1.67 bits per heavy atom. The molecule has 0 atom stereocenters. The minimum Gasteiger partial charge on any atom is -0.423 e. The van der Waals surface area contributed by atoms with Gasteiger partial charge in [-0.3, -0.25) is 38.9 Å². The third kappa shape index (κ3) is 11.7. The van der Waals surface area contributed by atoms with Crippen molar-refractivity contribution in [2.45, 2.75) is 38.5 Å². The lowest BCUT2D eigenvalue weighted by Gasteiger charge is -2.07. The average Bonchev–Trinajstić information content (AvgIpc) is 1.89. The number of nitrogen functional groups attached to an aromatic ring is 2. The number of rotatable bonds is 6. The van der Waals surface area contributed by atoms with Crippen LogP contribution < -0.4 is 22.2 Å². The zero-order valence-electron chi connectivity index (χ0n) is 45.4. The molecular weight excluding hydrogens is 1110 g/mol. The molecule has 16 nitrogen and oxygen atoms in total. The van der Waals surface area contributed by atoms with Gasteiger partial charge in [-0.2, -0.15) is 0 Å². The van der Waals surface area contributed by atoms with Gasteiger partial charge >= 0.3 is 7.12 Å². The number of Topliss-reactive ketones (excluding diaryl/α,β-unsaturated/α-hetero) is 3. The number of pyridine rings is 3. The number of carbonyl (C=O) groups is 5. The maximum absolute atomic E-state index is 12.2. The highest BCUT2D eigenvalue weighted by atomic mass is 35.5. The quantitative estimate of drug-likeness (QED) is 0.0254. The number of nitrogens with one attached hydrogen (secondary N) is 4. The molecule has 3 aliphatic carbocycles. The fourth-order valence-corrected chi connectivity index (χ4v) is 11.2. The van der Waals surface area contributed by atoms with Crippen LogP contribution in [0, 0.1) is 0 Å². The molecule has 3 aliphatic rings. The molecule has 420 valence electrons. The van der Waals surface area contributed by atoms with E-state index in [0.717, 1.165) is 152 Å². The first kappa shape index (κ1) is 56.8. The Kier molecular flexibility index (Phi) is 16.1. The zero-order chi connectivity index (χ0) is 59.6. The second-order valence-electron chi connectivity index (χ2n) is 20.4. The van der Waals surface area contributed by atoms with E-state index >= 15 is 0 Å². The topological polar surface area (TPSA) is 276 Å². The molecule has 85 heavy (non-hydrogen) atoms. The summed E-state index contributed by atoms with van der Waals surface area (Å²) in [4.78, 5) is 81.0. The summed E-state index contributed by atoms with van der Waals surface area (Å²) in [6.07, 6.45) is 12.0. The number of allylic oxidation sites excluding steroid dienone is 1. The number of anilines is 3. The van der Waals surface area contributed by atoms with E-state index in [2.05, 4.69) is 54.4 Å². The van der Waals surface area contributed by atoms with E-state index in [4.69, 9.17) is 44.7 Å². The molecule has 12 aromatic rings. The van der Waals surface area contributed by atoms with Gasteiger partial charge in [0.2, 0.25) is 11.1 Å². The molecule has 1 amide bonds. The Morgan fingerprint density at radius 1 is 0.588 bits per heavy atom. The molecule has 10 N–H and O–H groups in total. The van der Waals surface area contributed by atoms with Crippen LogP contribution in [0.15, 0.2) is 171 Å². The number of carbonyl (C=O) groups excluding carboxylic acids is 5.